The number of benzene rings is 2. The quantitative estimate of drug-likeness (QED) is 0.459. The molecule has 5 heteroatoms. The Labute approximate surface area is 129 Å². The van der Waals surface area contributed by atoms with Crippen LogP contribution in [0.4, 0.5) is 5.69 Å². The van der Waals surface area contributed by atoms with Gasteiger partial charge in [0, 0.05) is 5.69 Å². The Bertz CT molecular complexity index is 624. The number of nitrogens with zero attached hydrogens (tertiary/aromatic N) is 1. The average molecular weight is 299 g/mol. The first-order valence-corrected chi connectivity index (χ1v) is 7.08. The van der Waals surface area contributed by atoms with E-state index >= 15 is 0 Å². The van der Waals surface area contributed by atoms with Gasteiger partial charge in [0.05, 0.1) is 5.71 Å². The summed E-state index contributed by atoms with van der Waals surface area (Å²) < 4.78 is 0. The predicted molar refractivity (Wildman–Crippen MR) is 90.7 cm³/mol. The van der Waals surface area contributed by atoms with Crippen LogP contribution in [0.15, 0.2) is 59.7 Å². The van der Waals surface area contributed by atoms with Crippen LogP contribution in [0.5, 0.6) is 5.75 Å². The molecule has 21 heavy (non-hydrogen) atoms. The minimum absolute atomic E-state index is 0.239. The summed E-state index contributed by atoms with van der Waals surface area (Å²) in [6.07, 6.45) is 0.756. The number of hydrogen-bond acceptors (Lipinski definition) is 3. The van der Waals surface area contributed by atoms with Crippen molar-refractivity contribution >= 4 is 28.7 Å². The van der Waals surface area contributed by atoms with Crippen LogP contribution in [0.2, 0.25) is 0 Å². The van der Waals surface area contributed by atoms with Crippen molar-refractivity contribution in [1.29, 1.82) is 0 Å². The van der Waals surface area contributed by atoms with E-state index < -0.39 is 0 Å². The molecule has 2 aromatic carbocycles. The van der Waals surface area contributed by atoms with Crippen LogP contribution in [-0.4, -0.2) is 15.9 Å². The zero-order valence-electron chi connectivity index (χ0n) is 11.7. The largest absolute Gasteiger partial charge is 0.508 e. The van der Waals surface area contributed by atoms with Crippen LogP contribution in [0.3, 0.4) is 0 Å². The number of thiocarbonyl (C=S) groups is 1. The molecule has 0 aromatic heterocycles. The molecule has 0 amide bonds. The van der Waals surface area contributed by atoms with E-state index in [1.807, 2.05) is 49.4 Å². The Morgan fingerprint density at radius 3 is 2.38 bits per heavy atom. The maximum Gasteiger partial charge on any atom is 0.191 e. The molecule has 0 heterocycles. The third-order valence-electron chi connectivity index (χ3n) is 2.86. The maximum atomic E-state index is 9.31. The van der Waals surface area contributed by atoms with Gasteiger partial charge >= 0.3 is 0 Å². The summed E-state index contributed by atoms with van der Waals surface area (Å²) in [4.78, 5) is 0. The number of phenolic OH excluding ortho intramolecular Hbond substituents is 1. The molecule has 108 valence electrons. The van der Waals surface area contributed by atoms with Gasteiger partial charge in [-0.25, -0.2) is 0 Å². The molecule has 0 radical (unpaired) electrons. The van der Waals surface area contributed by atoms with Crippen molar-refractivity contribution in [2.75, 3.05) is 5.32 Å². The number of nitrogens with one attached hydrogen (secondary N) is 2. The number of rotatable bonds is 4. The van der Waals surface area contributed by atoms with Crippen molar-refractivity contribution in [1.82, 2.24) is 5.43 Å². The zero-order valence-corrected chi connectivity index (χ0v) is 12.5. The number of hydrazone groups is 1. The lowest BCUT2D eigenvalue weighted by Gasteiger charge is -2.09. The van der Waals surface area contributed by atoms with Gasteiger partial charge in [-0.3, -0.25) is 5.43 Å². The van der Waals surface area contributed by atoms with Gasteiger partial charge in [-0.2, -0.15) is 5.10 Å². The number of para-hydroxylation sites is 1. The van der Waals surface area contributed by atoms with Gasteiger partial charge in [0.15, 0.2) is 5.11 Å². The lowest BCUT2D eigenvalue weighted by Crippen LogP contribution is -2.25. The molecule has 0 saturated carbocycles. The van der Waals surface area contributed by atoms with Crippen LogP contribution in [-0.2, 0) is 0 Å². The highest BCUT2D eigenvalue weighted by Crippen LogP contribution is 2.11. The molecule has 2 aromatic rings. The molecule has 0 bridgehead atoms. The number of phenols is 1. The molecule has 0 aliphatic heterocycles. The standard InChI is InChI=1S/C16H17N3OS/c1-2-15(12-8-10-14(20)11-9-12)18-19-16(21)17-13-6-4-3-5-7-13/h3-11,20H,2H2,1H3,(H2,17,19,21). The first-order valence-electron chi connectivity index (χ1n) is 6.67. The molecule has 2 rings (SSSR count). The fourth-order valence-corrected chi connectivity index (χ4v) is 1.96. The number of aromatic hydroxyl groups is 1. The molecule has 0 unspecified atom stereocenters. The van der Waals surface area contributed by atoms with Gasteiger partial charge in [0.1, 0.15) is 5.75 Å². The van der Waals surface area contributed by atoms with E-state index in [0.29, 0.717) is 5.11 Å². The van der Waals surface area contributed by atoms with E-state index in [1.165, 1.54) is 0 Å². The van der Waals surface area contributed by atoms with Gasteiger partial charge in [0.25, 0.3) is 0 Å². The molecular formula is C16H17N3OS. The van der Waals surface area contributed by atoms with Crippen molar-refractivity contribution < 1.29 is 5.11 Å². The van der Waals surface area contributed by atoms with Gasteiger partial charge in [-0.1, -0.05) is 25.1 Å². The van der Waals surface area contributed by atoms with E-state index in [1.54, 1.807) is 12.1 Å². The van der Waals surface area contributed by atoms with Crippen molar-refractivity contribution in [3.05, 3.63) is 60.2 Å². The summed E-state index contributed by atoms with van der Waals surface area (Å²) >= 11 is 5.20. The van der Waals surface area contributed by atoms with Gasteiger partial charge < -0.3 is 10.4 Å². The van der Waals surface area contributed by atoms with Gasteiger partial charge in [-0.15, -0.1) is 0 Å². The predicted octanol–water partition coefficient (Wildman–Crippen LogP) is 3.49. The summed E-state index contributed by atoms with van der Waals surface area (Å²) in [5.41, 5.74) is 5.57. The van der Waals surface area contributed by atoms with E-state index in [9.17, 15) is 5.11 Å². The molecule has 0 aliphatic rings. The average Bonchev–Trinajstić information content (AvgIpc) is 2.50. The summed E-state index contributed by atoms with van der Waals surface area (Å²) in [5.74, 6) is 0.239. The topological polar surface area (TPSA) is 56.7 Å². The van der Waals surface area contributed by atoms with Crippen molar-refractivity contribution in [3.8, 4) is 5.75 Å². The minimum Gasteiger partial charge on any atom is -0.508 e. The molecule has 3 N–H and O–H groups in total. The van der Waals surface area contributed by atoms with E-state index in [2.05, 4.69) is 15.8 Å². The highest BCUT2D eigenvalue weighted by atomic mass is 32.1. The molecule has 0 fully saturated rings. The summed E-state index contributed by atoms with van der Waals surface area (Å²) in [6.45, 7) is 2.01. The highest BCUT2D eigenvalue weighted by Gasteiger charge is 2.02. The van der Waals surface area contributed by atoms with Crippen LogP contribution in [0.25, 0.3) is 0 Å². The number of anilines is 1. The third-order valence-corrected chi connectivity index (χ3v) is 3.05. The second-order valence-electron chi connectivity index (χ2n) is 4.39. The van der Waals surface area contributed by atoms with Crippen molar-refractivity contribution in [2.24, 2.45) is 5.10 Å². The second kappa shape index (κ2) is 7.40. The Morgan fingerprint density at radius 2 is 1.76 bits per heavy atom. The van der Waals surface area contributed by atoms with Crippen molar-refractivity contribution in [3.63, 3.8) is 0 Å². The summed E-state index contributed by atoms with van der Waals surface area (Å²) in [6, 6.07) is 16.6. The second-order valence-corrected chi connectivity index (χ2v) is 4.80. The smallest absolute Gasteiger partial charge is 0.191 e. The highest BCUT2D eigenvalue weighted by molar-refractivity contribution is 7.80. The molecule has 0 saturated heterocycles. The molecule has 4 nitrogen and oxygen atoms in total. The first kappa shape index (κ1) is 15.0. The molecule has 0 aliphatic carbocycles. The maximum absolute atomic E-state index is 9.31. The van der Waals surface area contributed by atoms with E-state index in [-0.39, 0.29) is 5.75 Å². The Morgan fingerprint density at radius 1 is 1.10 bits per heavy atom. The Kier molecular flexibility index (Phi) is 5.29. The minimum atomic E-state index is 0.239. The van der Waals surface area contributed by atoms with Gasteiger partial charge in [0.2, 0.25) is 0 Å². The molecule has 0 atom stereocenters. The normalized spacial score (nSPS) is 11.0. The van der Waals surface area contributed by atoms with Crippen LogP contribution >= 0.6 is 12.2 Å². The first-order chi connectivity index (χ1) is 10.2. The van der Waals surface area contributed by atoms with Crippen LogP contribution in [0.1, 0.15) is 18.9 Å². The fourth-order valence-electron chi connectivity index (χ4n) is 1.80. The third kappa shape index (κ3) is 4.57. The fraction of sp³-hybridized carbons (Fsp3) is 0.125. The zero-order chi connectivity index (χ0) is 15.1. The Balaban J connectivity index is 2.00. The monoisotopic (exact) mass is 299 g/mol. The summed E-state index contributed by atoms with van der Waals surface area (Å²) in [7, 11) is 0. The van der Waals surface area contributed by atoms with Crippen molar-refractivity contribution in [2.45, 2.75) is 13.3 Å². The lowest BCUT2D eigenvalue weighted by atomic mass is 10.1. The van der Waals surface area contributed by atoms with Gasteiger partial charge in [-0.05, 0) is 60.6 Å². The summed E-state index contributed by atoms with van der Waals surface area (Å²) in [5, 5.41) is 17.1. The van der Waals surface area contributed by atoms with Crippen LogP contribution < -0.4 is 10.7 Å². The molecular weight excluding hydrogens is 282 g/mol. The van der Waals surface area contributed by atoms with E-state index in [4.69, 9.17) is 12.2 Å². The van der Waals surface area contributed by atoms with E-state index in [0.717, 1.165) is 23.4 Å². The Hall–Kier alpha value is -2.40. The molecule has 0 spiro atoms. The SMILES string of the molecule is CCC(=NNC(=S)Nc1ccccc1)c1ccc(O)cc1. The lowest BCUT2D eigenvalue weighted by molar-refractivity contribution is 0.475. The number of hydrogen-bond donors (Lipinski definition) is 3. The van der Waals surface area contributed by atoms with Crippen LogP contribution in [0, 0.1) is 0 Å².